The number of amides is 2. The van der Waals surface area contributed by atoms with Gasteiger partial charge < -0.3 is 24.2 Å². The van der Waals surface area contributed by atoms with Crippen LogP contribution < -0.4 is 14.8 Å². The van der Waals surface area contributed by atoms with Gasteiger partial charge in [-0.05, 0) is 30.9 Å². The van der Waals surface area contributed by atoms with Gasteiger partial charge in [-0.25, -0.2) is 9.18 Å². The fourth-order valence-corrected chi connectivity index (χ4v) is 3.83. The summed E-state index contributed by atoms with van der Waals surface area (Å²) in [6, 6.07) is 11.3. The molecule has 1 aliphatic rings. The fraction of sp³-hybridized carbons (Fsp3) is 0.348. The highest BCUT2D eigenvalue weighted by Gasteiger charge is 2.26. The number of halogens is 1. The summed E-state index contributed by atoms with van der Waals surface area (Å²) < 4.78 is 29.8. The number of aromatic nitrogens is 2. The normalized spacial score (nSPS) is 16.0. The second-order valence-corrected chi connectivity index (χ2v) is 7.68. The minimum absolute atomic E-state index is 0.170. The second kappa shape index (κ2) is 9.67. The lowest BCUT2D eigenvalue weighted by Gasteiger charge is -2.32. The van der Waals surface area contributed by atoms with E-state index in [1.165, 1.54) is 6.07 Å². The fourth-order valence-electron chi connectivity index (χ4n) is 3.83. The molecule has 2 amide bonds. The Labute approximate surface area is 185 Å². The van der Waals surface area contributed by atoms with Gasteiger partial charge in [-0.15, -0.1) is 0 Å². The standard InChI is InChI=1S/C23H25FN4O4/c1-30-17-11-16(12-18(13-17)31-2)25-23(29)28-9-5-6-15(14-28)10-21-26-22(27-32-21)19-7-3-4-8-20(19)24/h3-4,7-8,11-13,15H,5-6,9-10,14H2,1-2H3,(H,25,29). The zero-order chi connectivity index (χ0) is 22.5. The van der Waals surface area contributed by atoms with Crippen molar-refractivity contribution >= 4 is 11.7 Å². The van der Waals surface area contributed by atoms with Crippen LogP contribution in [0.3, 0.4) is 0 Å². The van der Waals surface area contributed by atoms with Crippen molar-refractivity contribution in [3.05, 3.63) is 54.2 Å². The maximum absolute atomic E-state index is 14.0. The van der Waals surface area contributed by atoms with Crippen LogP contribution in [0.1, 0.15) is 18.7 Å². The van der Waals surface area contributed by atoms with Crippen LogP contribution in [0.2, 0.25) is 0 Å². The Morgan fingerprint density at radius 1 is 1.22 bits per heavy atom. The molecule has 0 aliphatic carbocycles. The van der Waals surface area contributed by atoms with Crippen molar-refractivity contribution < 1.29 is 23.2 Å². The van der Waals surface area contributed by atoms with Crippen LogP contribution >= 0.6 is 0 Å². The number of carbonyl (C=O) groups excluding carboxylic acids is 1. The Morgan fingerprint density at radius 3 is 2.69 bits per heavy atom. The highest BCUT2D eigenvalue weighted by atomic mass is 19.1. The number of ether oxygens (including phenoxy) is 2. The van der Waals surface area contributed by atoms with Crippen molar-refractivity contribution in [3.8, 4) is 22.9 Å². The van der Waals surface area contributed by atoms with Crippen molar-refractivity contribution in [2.24, 2.45) is 5.92 Å². The van der Waals surface area contributed by atoms with E-state index in [9.17, 15) is 9.18 Å². The number of nitrogens with zero attached hydrogens (tertiary/aromatic N) is 3. The molecule has 1 N–H and O–H groups in total. The third-order valence-corrected chi connectivity index (χ3v) is 5.46. The van der Waals surface area contributed by atoms with E-state index < -0.39 is 5.82 Å². The number of hydrogen-bond acceptors (Lipinski definition) is 6. The molecule has 8 nitrogen and oxygen atoms in total. The minimum atomic E-state index is -0.394. The Bertz CT molecular complexity index is 1070. The van der Waals surface area contributed by atoms with Gasteiger partial charge in [0, 0.05) is 43.4 Å². The summed E-state index contributed by atoms with van der Waals surface area (Å²) in [5.74, 6) is 1.64. The van der Waals surface area contributed by atoms with Crippen molar-refractivity contribution in [1.82, 2.24) is 15.0 Å². The third kappa shape index (κ3) is 4.99. The summed E-state index contributed by atoms with van der Waals surface area (Å²) in [5.41, 5.74) is 0.903. The number of carbonyl (C=O) groups is 1. The average molecular weight is 440 g/mol. The van der Waals surface area contributed by atoms with E-state index in [-0.39, 0.29) is 17.8 Å². The molecule has 4 rings (SSSR count). The van der Waals surface area contributed by atoms with E-state index in [2.05, 4.69) is 15.5 Å². The largest absolute Gasteiger partial charge is 0.497 e. The molecular weight excluding hydrogens is 415 g/mol. The van der Waals surface area contributed by atoms with Gasteiger partial charge in [-0.1, -0.05) is 17.3 Å². The molecule has 0 radical (unpaired) electrons. The Morgan fingerprint density at radius 2 is 1.97 bits per heavy atom. The molecule has 3 aromatic rings. The molecule has 1 aromatic heterocycles. The summed E-state index contributed by atoms with van der Waals surface area (Å²) in [5, 5.41) is 6.82. The van der Waals surface area contributed by atoms with Gasteiger partial charge in [0.05, 0.1) is 19.8 Å². The van der Waals surface area contributed by atoms with E-state index in [0.29, 0.717) is 48.2 Å². The number of urea groups is 1. The zero-order valence-electron chi connectivity index (χ0n) is 18.0. The summed E-state index contributed by atoms with van der Waals surface area (Å²) >= 11 is 0. The molecule has 32 heavy (non-hydrogen) atoms. The van der Waals surface area contributed by atoms with Crippen molar-refractivity contribution in [1.29, 1.82) is 0 Å². The number of hydrogen-bond donors (Lipinski definition) is 1. The molecule has 0 bridgehead atoms. The van der Waals surface area contributed by atoms with E-state index in [1.54, 1.807) is 55.5 Å². The molecule has 1 aliphatic heterocycles. The zero-order valence-corrected chi connectivity index (χ0v) is 18.0. The molecule has 0 saturated carbocycles. The van der Waals surface area contributed by atoms with Crippen LogP contribution in [0.15, 0.2) is 47.0 Å². The lowest BCUT2D eigenvalue weighted by atomic mass is 9.95. The summed E-state index contributed by atoms with van der Waals surface area (Å²) in [4.78, 5) is 19.0. The number of anilines is 1. The van der Waals surface area contributed by atoms with Crippen LogP contribution in [0.5, 0.6) is 11.5 Å². The molecule has 1 atom stereocenters. The van der Waals surface area contributed by atoms with Gasteiger partial charge >= 0.3 is 6.03 Å². The molecule has 0 spiro atoms. The first kappa shape index (κ1) is 21.6. The Balaban J connectivity index is 1.39. The lowest BCUT2D eigenvalue weighted by Crippen LogP contribution is -2.42. The predicted molar refractivity (Wildman–Crippen MR) is 116 cm³/mol. The molecule has 1 unspecified atom stereocenters. The first-order chi connectivity index (χ1) is 15.6. The number of piperidine rings is 1. The molecule has 9 heteroatoms. The van der Waals surface area contributed by atoms with Gasteiger partial charge in [0.1, 0.15) is 17.3 Å². The first-order valence-corrected chi connectivity index (χ1v) is 10.4. The quantitative estimate of drug-likeness (QED) is 0.612. The molecule has 1 saturated heterocycles. The van der Waals surface area contributed by atoms with E-state index >= 15 is 0 Å². The van der Waals surface area contributed by atoms with Gasteiger partial charge in [-0.2, -0.15) is 4.98 Å². The first-order valence-electron chi connectivity index (χ1n) is 10.4. The molecule has 168 valence electrons. The van der Waals surface area contributed by atoms with Gasteiger partial charge in [0.25, 0.3) is 0 Å². The Kier molecular flexibility index (Phi) is 6.53. The highest BCUT2D eigenvalue weighted by molar-refractivity contribution is 5.90. The predicted octanol–water partition coefficient (Wildman–Crippen LogP) is 4.38. The number of rotatable bonds is 6. The molecule has 1 fully saturated rings. The van der Waals surface area contributed by atoms with Crippen molar-refractivity contribution in [2.75, 3.05) is 32.6 Å². The van der Waals surface area contributed by atoms with Crippen molar-refractivity contribution in [3.63, 3.8) is 0 Å². The number of likely N-dealkylation sites (tertiary alicyclic amines) is 1. The maximum Gasteiger partial charge on any atom is 0.321 e. The smallest absolute Gasteiger partial charge is 0.321 e. The van der Waals surface area contributed by atoms with Crippen molar-refractivity contribution in [2.45, 2.75) is 19.3 Å². The number of nitrogens with one attached hydrogen (secondary N) is 1. The molecule has 2 heterocycles. The molecular formula is C23H25FN4O4. The lowest BCUT2D eigenvalue weighted by molar-refractivity contribution is 0.173. The summed E-state index contributed by atoms with van der Waals surface area (Å²) in [6.45, 7) is 1.22. The Hall–Kier alpha value is -3.62. The third-order valence-electron chi connectivity index (χ3n) is 5.46. The van der Waals surface area contributed by atoms with Crippen LogP contribution in [0.4, 0.5) is 14.9 Å². The monoisotopic (exact) mass is 440 g/mol. The molecule has 2 aromatic carbocycles. The number of methoxy groups -OCH3 is 2. The summed E-state index contributed by atoms with van der Waals surface area (Å²) in [6.07, 6.45) is 2.33. The van der Waals surface area contributed by atoms with E-state index in [4.69, 9.17) is 14.0 Å². The van der Waals surface area contributed by atoms with Crippen LogP contribution in [-0.2, 0) is 6.42 Å². The maximum atomic E-state index is 14.0. The van der Waals surface area contributed by atoms with Crippen LogP contribution in [-0.4, -0.2) is 48.4 Å². The van der Waals surface area contributed by atoms with Gasteiger partial charge in [-0.3, -0.25) is 0 Å². The highest BCUT2D eigenvalue weighted by Crippen LogP contribution is 2.27. The van der Waals surface area contributed by atoms with E-state index in [1.807, 2.05) is 0 Å². The topological polar surface area (TPSA) is 89.7 Å². The SMILES string of the molecule is COc1cc(NC(=O)N2CCCC(Cc3nc(-c4ccccc4F)no3)C2)cc(OC)c1. The van der Waals surface area contributed by atoms with Gasteiger partial charge in [0.15, 0.2) is 0 Å². The van der Waals surface area contributed by atoms with Gasteiger partial charge in [0.2, 0.25) is 11.7 Å². The minimum Gasteiger partial charge on any atom is -0.497 e. The van der Waals surface area contributed by atoms with Crippen LogP contribution in [0.25, 0.3) is 11.4 Å². The second-order valence-electron chi connectivity index (χ2n) is 7.68. The average Bonchev–Trinajstić information content (AvgIpc) is 3.27. The summed E-state index contributed by atoms with van der Waals surface area (Å²) in [7, 11) is 3.12. The van der Waals surface area contributed by atoms with E-state index in [0.717, 1.165) is 12.8 Å². The van der Waals surface area contributed by atoms with Crippen LogP contribution in [0, 0.1) is 11.7 Å². The number of benzene rings is 2.